The topological polar surface area (TPSA) is 65.1 Å². The first kappa shape index (κ1) is 18.9. The summed E-state index contributed by atoms with van der Waals surface area (Å²) in [5.74, 6) is -1.33. The van der Waals surface area contributed by atoms with Crippen LogP contribution in [0.4, 0.5) is 4.39 Å². The fourth-order valence-electron chi connectivity index (χ4n) is 2.60. The van der Waals surface area contributed by atoms with Gasteiger partial charge in [-0.2, -0.15) is 0 Å². The Balaban J connectivity index is 1.83. The Kier molecular flexibility index (Phi) is 6.52. The highest BCUT2D eigenvalue weighted by Crippen LogP contribution is 2.18. The Labute approximate surface area is 146 Å². The van der Waals surface area contributed by atoms with Gasteiger partial charge in [-0.25, -0.2) is 9.18 Å². The number of amides is 1. The molecule has 0 spiro atoms. The maximum atomic E-state index is 13.6. The number of nitrogens with zero attached hydrogens (tertiary/aromatic N) is 1. The first-order valence-electron chi connectivity index (χ1n) is 8.00. The first-order chi connectivity index (χ1) is 11.9. The summed E-state index contributed by atoms with van der Waals surface area (Å²) >= 11 is 0. The van der Waals surface area contributed by atoms with Crippen molar-refractivity contribution in [1.82, 2.24) is 4.90 Å². The number of methoxy groups -OCH3 is 1. The van der Waals surface area contributed by atoms with Crippen molar-refractivity contribution in [3.05, 3.63) is 35.7 Å². The highest BCUT2D eigenvalue weighted by molar-refractivity contribution is 5.89. The molecule has 136 valence electrons. The number of hydrogen-bond acceptors (Lipinski definition) is 5. The predicted octanol–water partition coefficient (Wildman–Crippen LogP) is 2.03. The minimum absolute atomic E-state index is 0.0479. The van der Waals surface area contributed by atoms with Crippen LogP contribution in [0.15, 0.2) is 24.3 Å². The molecule has 2 atom stereocenters. The molecule has 1 amide bonds. The molecular weight excluding hydrogens is 329 g/mol. The first-order valence-corrected chi connectivity index (χ1v) is 8.00. The average Bonchev–Trinajstić information content (AvgIpc) is 2.57. The second kappa shape index (κ2) is 8.62. The van der Waals surface area contributed by atoms with Gasteiger partial charge in [0.15, 0.2) is 18.2 Å². The van der Waals surface area contributed by atoms with Gasteiger partial charge in [-0.05, 0) is 37.6 Å². The summed E-state index contributed by atoms with van der Waals surface area (Å²) in [4.78, 5) is 25.4. The van der Waals surface area contributed by atoms with Gasteiger partial charge in [0, 0.05) is 19.2 Å². The monoisotopic (exact) mass is 351 g/mol. The smallest absolute Gasteiger partial charge is 0.331 e. The number of carbonyl (C=O) groups is 2. The summed E-state index contributed by atoms with van der Waals surface area (Å²) in [6.07, 6.45) is 2.47. The number of ether oxygens (including phenoxy) is 3. The minimum atomic E-state index is -0.668. The highest BCUT2D eigenvalue weighted by Gasteiger charge is 2.26. The van der Waals surface area contributed by atoms with Gasteiger partial charge in [0.05, 0.1) is 19.3 Å². The standard InChI is InChI=1S/C18H22FNO5/c1-12-9-20(10-13(2)25-12)17(21)11-24-18(22)7-5-14-4-6-16(23-3)15(19)8-14/h4-8,12-13H,9-11H2,1-3H3/b7-5+/t12-,13-/m1/s1. The summed E-state index contributed by atoms with van der Waals surface area (Å²) in [5, 5.41) is 0. The van der Waals surface area contributed by atoms with E-state index in [0.29, 0.717) is 18.7 Å². The minimum Gasteiger partial charge on any atom is -0.494 e. The molecule has 0 radical (unpaired) electrons. The van der Waals surface area contributed by atoms with Crippen LogP contribution in [0, 0.1) is 5.82 Å². The Bertz CT molecular complexity index is 651. The van der Waals surface area contributed by atoms with Crippen molar-refractivity contribution in [3.63, 3.8) is 0 Å². The van der Waals surface area contributed by atoms with Gasteiger partial charge >= 0.3 is 5.97 Å². The molecule has 0 N–H and O–H groups in total. The molecule has 2 rings (SSSR count). The summed E-state index contributed by atoms with van der Waals surface area (Å²) in [6.45, 7) is 4.39. The van der Waals surface area contributed by atoms with E-state index in [1.165, 1.54) is 25.3 Å². The SMILES string of the molecule is COc1ccc(/C=C/C(=O)OCC(=O)N2C[C@@H](C)O[C@H](C)C2)cc1F. The molecular formula is C18H22FNO5. The van der Waals surface area contributed by atoms with Crippen molar-refractivity contribution in [1.29, 1.82) is 0 Å². The van der Waals surface area contributed by atoms with Gasteiger partial charge in [0.2, 0.25) is 0 Å². The van der Waals surface area contributed by atoms with E-state index in [9.17, 15) is 14.0 Å². The lowest BCUT2D eigenvalue weighted by Crippen LogP contribution is -2.49. The van der Waals surface area contributed by atoms with Gasteiger partial charge in [0.1, 0.15) is 0 Å². The van der Waals surface area contributed by atoms with Crippen molar-refractivity contribution in [3.8, 4) is 5.75 Å². The molecule has 0 bridgehead atoms. The normalized spacial score (nSPS) is 20.6. The van der Waals surface area contributed by atoms with Crippen molar-refractivity contribution >= 4 is 18.0 Å². The molecule has 1 fully saturated rings. The van der Waals surface area contributed by atoms with E-state index in [0.717, 1.165) is 6.08 Å². The van der Waals surface area contributed by atoms with Gasteiger partial charge in [-0.1, -0.05) is 6.07 Å². The van der Waals surface area contributed by atoms with E-state index in [-0.39, 0.29) is 30.5 Å². The van der Waals surface area contributed by atoms with Gasteiger partial charge in [-0.15, -0.1) is 0 Å². The lowest BCUT2D eigenvalue weighted by atomic mass is 10.2. The lowest BCUT2D eigenvalue weighted by Gasteiger charge is -2.35. The van der Waals surface area contributed by atoms with E-state index in [1.54, 1.807) is 11.0 Å². The Hall–Kier alpha value is -2.41. The number of carbonyl (C=O) groups excluding carboxylic acids is 2. The van der Waals surface area contributed by atoms with Crippen molar-refractivity contribution in [2.45, 2.75) is 26.1 Å². The third-order valence-electron chi connectivity index (χ3n) is 3.70. The number of rotatable bonds is 5. The highest BCUT2D eigenvalue weighted by atomic mass is 19.1. The zero-order valence-corrected chi connectivity index (χ0v) is 14.5. The largest absolute Gasteiger partial charge is 0.494 e. The van der Waals surface area contributed by atoms with Crippen molar-refractivity contribution < 1.29 is 28.2 Å². The fraction of sp³-hybridized carbons (Fsp3) is 0.444. The van der Waals surface area contributed by atoms with Crippen molar-refractivity contribution in [2.24, 2.45) is 0 Å². The molecule has 0 unspecified atom stereocenters. The average molecular weight is 351 g/mol. The van der Waals surface area contributed by atoms with Crippen molar-refractivity contribution in [2.75, 3.05) is 26.8 Å². The molecule has 1 aromatic rings. The summed E-state index contributed by atoms with van der Waals surface area (Å²) < 4.78 is 28.9. The maximum Gasteiger partial charge on any atom is 0.331 e. The van der Waals surface area contributed by atoms with Crippen LogP contribution in [0.25, 0.3) is 6.08 Å². The zero-order valence-electron chi connectivity index (χ0n) is 14.5. The van der Waals surface area contributed by atoms with Crippen LogP contribution < -0.4 is 4.74 Å². The summed E-state index contributed by atoms with van der Waals surface area (Å²) in [5.41, 5.74) is 0.484. The predicted molar refractivity (Wildman–Crippen MR) is 89.5 cm³/mol. The van der Waals surface area contributed by atoms with Crippen LogP contribution >= 0.6 is 0 Å². The quantitative estimate of drug-likeness (QED) is 0.600. The van der Waals surface area contributed by atoms with Crippen LogP contribution in [0.3, 0.4) is 0 Å². The summed E-state index contributed by atoms with van der Waals surface area (Å²) in [7, 11) is 1.37. The number of halogens is 1. The maximum absolute atomic E-state index is 13.6. The summed E-state index contributed by atoms with van der Waals surface area (Å²) in [6, 6.07) is 4.31. The molecule has 25 heavy (non-hydrogen) atoms. The van der Waals surface area contributed by atoms with Gasteiger partial charge in [-0.3, -0.25) is 4.79 Å². The van der Waals surface area contributed by atoms with Crippen LogP contribution in [0.1, 0.15) is 19.4 Å². The van der Waals surface area contributed by atoms with Crippen LogP contribution in [0.2, 0.25) is 0 Å². The number of esters is 1. The zero-order chi connectivity index (χ0) is 18.4. The molecule has 7 heteroatoms. The van der Waals surface area contributed by atoms with Gasteiger partial charge < -0.3 is 19.1 Å². The molecule has 1 saturated heterocycles. The Morgan fingerprint density at radius 1 is 1.32 bits per heavy atom. The van der Waals surface area contributed by atoms with E-state index in [1.807, 2.05) is 13.8 Å². The molecule has 1 heterocycles. The van der Waals surface area contributed by atoms with Crippen LogP contribution in [-0.4, -0.2) is 55.8 Å². The molecule has 1 aliphatic heterocycles. The molecule has 0 aromatic heterocycles. The van der Waals surface area contributed by atoms with E-state index in [2.05, 4.69) is 0 Å². The Morgan fingerprint density at radius 2 is 2.00 bits per heavy atom. The Morgan fingerprint density at radius 3 is 2.60 bits per heavy atom. The van der Waals surface area contributed by atoms with Crippen LogP contribution in [0.5, 0.6) is 5.75 Å². The third-order valence-corrected chi connectivity index (χ3v) is 3.70. The van der Waals surface area contributed by atoms with Gasteiger partial charge in [0.25, 0.3) is 5.91 Å². The van der Waals surface area contributed by atoms with E-state index in [4.69, 9.17) is 14.2 Å². The second-order valence-electron chi connectivity index (χ2n) is 5.89. The second-order valence-corrected chi connectivity index (χ2v) is 5.89. The number of benzene rings is 1. The molecule has 6 nitrogen and oxygen atoms in total. The van der Waals surface area contributed by atoms with Crippen LogP contribution in [-0.2, 0) is 19.1 Å². The number of hydrogen-bond donors (Lipinski definition) is 0. The van der Waals surface area contributed by atoms with E-state index < -0.39 is 11.8 Å². The van der Waals surface area contributed by atoms with E-state index >= 15 is 0 Å². The third kappa shape index (κ3) is 5.56. The molecule has 1 aromatic carbocycles. The molecule has 0 saturated carbocycles. The lowest BCUT2D eigenvalue weighted by molar-refractivity contribution is -0.154. The molecule has 0 aliphatic carbocycles. The number of morpholine rings is 1. The fourth-order valence-corrected chi connectivity index (χ4v) is 2.60. The molecule has 1 aliphatic rings.